The Morgan fingerprint density at radius 3 is 2.74 bits per heavy atom. The minimum absolute atomic E-state index is 0.0857. The number of carbonyl (C=O) groups is 3. The fourth-order valence-corrected chi connectivity index (χ4v) is 3.72. The highest BCUT2D eigenvalue weighted by Gasteiger charge is 2.38. The number of H-pyrrole nitrogens is 1. The average Bonchev–Trinajstić information content (AvgIpc) is 3.30. The molecule has 4 rings (SSSR count). The van der Waals surface area contributed by atoms with E-state index in [1.54, 1.807) is 7.11 Å². The van der Waals surface area contributed by atoms with E-state index in [4.69, 9.17) is 4.74 Å². The lowest BCUT2D eigenvalue weighted by atomic mass is 10.1. The lowest BCUT2D eigenvalue weighted by Crippen LogP contribution is -2.37. The molecule has 1 fully saturated rings. The number of methoxy groups -OCH3 is 1. The van der Waals surface area contributed by atoms with Crippen LogP contribution in [-0.2, 0) is 22.6 Å². The molecular formula is C23H24N4O4. The first-order valence-corrected chi connectivity index (χ1v) is 10.1. The predicted octanol–water partition coefficient (Wildman–Crippen LogP) is 2.35. The summed E-state index contributed by atoms with van der Waals surface area (Å²) < 4.78 is 5.27. The van der Waals surface area contributed by atoms with Crippen molar-refractivity contribution in [2.45, 2.75) is 25.4 Å². The summed E-state index contributed by atoms with van der Waals surface area (Å²) in [4.78, 5) is 41.4. The molecule has 8 heteroatoms. The minimum Gasteiger partial charge on any atom is -0.497 e. The summed E-state index contributed by atoms with van der Waals surface area (Å²) in [5, 5.41) is 6.48. The van der Waals surface area contributed by atoms with Crippen molar-refractivity contribution in [1.29, 1.82) is 0 Å². The molecule has 1 aliphatic rings. The number of carbonyl (C=O) groups excluding carboxylic acids is 3. The number of nitrogens with zero attached hydrogens (tertiary/aromatic N) is 1. The van der Waals surface area contributed by atoms with Gasteiger partial charge in [0.05, 0.1) is 20.1 Å². The molecule has 2 heterocycles. The van der Waals surface area contributed by atoms with E-state index >= 15 is 0 Å². The lowest BCUT2D eigenvalue weighted by Gasteiger charge is -2.13. The van der Waals surface area contributed by atoms with Crippen molar-refractivity contribution in [3.8, 4) is 5.75 Å². The van der Waals surface area contributed by atoms with Gasteiger partial charge in [-0.25, -0.2) is 4.79 Å². The molecule has 160 valence electrons. The van der Waals surface area contributed by atoms with E-state index in [0.717, 1.165) is 32.7 Å². The molecule has 1 aromatic heterocycles. The molecule has 1 atom stereocenters. The van der Waals surface area contributed by atoms with Gasteiger partial charge in [0.2, 0.25) is 5.91 Å². The van der Waals surface area contributed by atoms with Crippen molar-refractivity contribution >= 4 is 28.7 Å². The van der Waals surface area contributed by atoms with E-state index < -0.39 is 12.1 Å². The number of rotatable bonds is 8. The first-order valence-electron chi connectivity index (χ1n) is 10.1. The molecule has 8 nitrogen and oxygen atoms in total. The number of amides is 4. The highest BCUT2D eigenvalue weighted by Crippen LogP contribution is 2.23. The maximum Gasteiger partial charge on any atom is 0.325 e. The average molecular weight is 420 g/mol. The van der Waals surface area contributed by atoms with Crippen LogP contribution in [0.1, 0.15) is 17.5 Å². The minimum atomic E-state index is -0.839. The monoisotopic (exact) mass is 420 g/mol. The molecule has 1 aliphatic heterocycles. The Labute approximate surface area is 179 Å². The zero-order valence-electron chi connectivity index (χ0n) is 17.2. The molecule has 4 amide bonds. The van der Waals surface area contributed by atoms with Crippen molar-refractivity contribution in [1.82, 2.24) is 20.5 Å². The Balaban J connectivity index is 1.29. The summed E-state index contributed by atoms with van der Waals surface area (Å²) in [5.41, 5.74) is 2.92. The number of imide groups is 1. The van der Waals surface area contributed by atoms with Gasteiger partial charge in [-0.05, 0) is 35.7 Å². The molecule has 0 spiro atoms. The number of hydrogen-bond acceptors (Lipinski definition) is 4. The summed E-state index contributed by atoms with van der Waals surface area (Å²) in [6.45, 7) is 0.610. The molecule has 1 saturated heterocycles. The molecule has 0 aliphatic carbocycles. The molecule has 0 unspecified atom stereocenters. The highest BCUT2D eigenvalue weighted by molar-refractivity contribution is 6.05. The SMILES string of the molecule is COc1ccc2[nH]cc(CCNC(=O)C[C@@H]3NC(=O)N(Cc4ccccc4)C3=O)c2c1. The Morgan fingerprint density at radius 1 is 1.16 bits per heavy atom. The Bertz CT molecular complexity index is 1110. The summed E-state index contributed by atoms with van der Waals surface area (Å²) in [7, 11) is 1.62. The second kappa shape index (κ2) is 8.91. The third-order valence-electron chi connectivity index (χ3n) is 5.37. The van der Waals surface area contributed by atoms with Crippen molar-refractivity contribution < 1.29 is 19.1 Å². The van der Waals surface area contributed by atoms with Crippen molar-refractivity contribution in [2.75, 3.05) is 13.7 Å². The molecule has 3 aromatic rings. The first-order chi connectivity index (χ1) is 15.0. The fourth-order valence-electron chi connectivity index (χ4n) is 3.72. The third kappa shape index (κ3) is 4.53. The van der Waals surface area contributed by atoms with E-state index in [0.29, 0.717) is 13.0 Å². The number of nitrogens with one attached hydrogen (secondary N) is 3. The molecule has 3 N–H and O–H groups in total. The van der Waals surface area contributed by atoms with Crippen LogP contribution in [0.4, 0.5) is 4.79 Å². The van der Waals surface area contributed by atoms with Crippen LogP contribution in [0.5, 0.6) is 5.75 Å². The van der Waals surface area contributed by atoms with Gasteiger partial charge in [-0.15, -0.1) is 0 Å². The summed E-state index contributed by atoms with van der Waals surface area (Å²) in [5.74, 6) is 0.110. The number of benzene rings is 2. The van der Waals surface area contributed by atoms with Gasteiger partial charge in [0, 0.05) is 23.6 Å². The summed E-state index contributed by atoms with van der Waals surface area (Å²) >= 11 is 0. The molecule has 0 radical (unpaired) electrons. The number of aromatic nitrogens is 1. The quantitative estimate of drug-likeness (QED) is 0.487. The second-order valence-electron chi connectivity index (χ2n) is 7.44. The Hall–Kier alpha value is -3.81. The van der Waals surface area contributed by atoms with Gasteiger partial charge in [-0.1, -0.05) is 30.3 Å². The number of ether oxygens (including phenoxy) is 1. The third-order valence-corrected chi connectivity index (χ3v) is 5.37. The maximum absolute atomic E-state index is 12.6. The summed E-state index contributed by atoms with van der Waals surface area (Å²) in [6.07, 6.45) is 2.46. The zero-order valence-corrected chi connectivity index (χ0v) is 17.2. The lowest BCUT2D eigenvalue weighted by molar-refractivity contribution is -0.131. The van der Waals surface area contributed by atoms with Gasteiger partial charge in [0.1, 0.15) is 11.8 Å². The zero-order chi connectivity index (χ0) is 21.8. The number of fused-ring (bicyclic) bond motifs is 1. The van der Waals surface area contributed by atoms with Gasteiger partial charge in [-0.3, -0.25) is 14.5 Å². The van der Waals surface area contributed by atoms with Crippen LogP contribution < -0.4 is 15.4 Å². The topological polar surface area (TPSA) is 104 Å². The summed E-state index contributed by atoms with van der Waals surface area (Å²) in [6, 6.07) is 13.7. The Morgan fingerprint density at radius 2 is 1.97 bits per heavy atom. The standard InChI is InChI=1S/C23H24N4O4/c1-31-17-7-8-19-18(11-17)16(13-25-19)9-10-24-21(28)12-20-22(29)27(23(30)26-20)14-15-5-3-2-4-6-15/h2-8,11,13,20,25H,9-10,12,14H2,1H3,(H,24,28)(H,26,30)/t20-/m0/s1. The molecular weight excluding hydrogens is 396 g/mol. The van der Waals surface area contributed by atoms with Gasteiger partial charge < -0.3 is 20.4 Å². The van der Waals surface area contributed by atoms with Crippen LogP contribution in [0.3, 0.4) is 0 Å². The molecule has 31 heavy (non-hydrogen) atoms. The van der Waals surface area contributed by atoms with E-state index in [2.05, 4.69) is 15.6 Å². The molecule has 2 aromatic carbocycles. The van der Waals surface area contributed by atoms with Crippen LogP contribution in [0.2, 0.25) is 0 Å². The normalized spacial score (nSPS) is 15.9. The van der Waals surface area contributed by atoms with Gasteiger partial charge in [0.15, 0.2) is 0 Å². The van der Waals surface area contributed by atoms with E-state index in [-0.39, 0.29) is 24.8 Å². The van der Waals surface area contributed by atoms with Gasteiger partial charge >= 0.3 is 6.03 Å². The van der Waals surface area contributed by atoms with Crippen LogP contribution in [0.15, 0.2) is 54.7 Å². The van der Waals surface area contributed by atoms with Crippen molar-refractivity contribution in [2.24, 2.45) is 0 Å². The largest absolute Gasteiger partial charge is 0.497 e. The van der Waals surface area contributed by atoms with E-state index in [1.165, 1.54) is 0 Å². The van der Waals surface area contributed by atoms with Gasteiger partial charge in [-0.2, -0.15) is 0 Å². The van der Waals surface area contributed by atoms with E-state index in [9.17, 15) is 14.4 Å². The van der Waals surface area contributed by atoms with Crippen LogP contribution in [-0.4, -0.2) is 47.4 Å². The van der Waals surface area contributed by atoms with Crippen LogP contribution >= 0.6 is 0 Å². The molecule has 0 bridgehead atoms. The number of aromatic amines is 1. The molecule has 0 saturated carbocycles. The smallest absolute Gasteiger partial charge is 0.325 e. The van der Waals surface area contributed by atoms with Gasteiger partial charge in [0.25, 0.3) is 5.91 Å². The fraction of sp³-hybridized carbons (Fsp3) is 0.261. The maximum atomic E-state index is 12.6. The second-order valence-corrected chi connectivity index (χ2v) is 7.44. The van der Waals surface area contributed by atoms with Crippen molar-refractivity contribution in [3.05, 3.63) is 65.9 Å². The number of hydrogen-bond donors (Lipinski definition) is 3. The highest BCUT2D eigenvalue weighted by atomic mass is 16.5. The first kappa shape index (κ1) is 20.5. The predicted molar refractivity (Wildman–Crippen MR) is 115 cm³/mol. The Kier molecular flexibility index (Phi) is 5.88. The van der Waals surface area contributed by atoms with E-state index in [1.807, 2.05) is 54.7 Å². The van der Waals surface area contributed by atoms with Crippen molar-refractivity contribution in [3.63, 3.8) is 0 Å². The number of urea groups is 1. The van der Waals surface area contributed by atoms with Crippen LogP contribution in [0.25, 0.3) is 10.9 Å². The van der Waals surface area contributed by atoms with Crippen LogP contribution in [0, 0.1) is 0 Å².